The maximum Gasteiger partial charge on any atom is 0.234 e. The first-order valence-electron chi connectivity index (χ1n) is 16.9. The van der Waals surface area contributed by atoms with Gasteiger partial charge in [0.1, 0.15) is 5.75 Å². The zero-order chi connectivity index (χ0) is 33.6. The number of nitrogens with one attached hydrogen (secondary N) is 1. The number of benzene rings is 5. The molecular weight excluding hydrogens is 610 g/mol. The van der Waals surface area contributed by atoms with Crippen molar-refractivity contribution in [2.45, 2.75) is 32.4 Å². The Hall–Kier alpha value is -5.44. The maximum atomic E-state index is 14.1. The van der Waals surface area contributed by atoms with Gasteiger partial charge in [-0.25, -0.2) is 5.01 Å². The van der Waals surface area contributed by atoms with Crippen LogP contribution in [-0.4, -0.2) is 43.0 Å². The summed E-state index contributed by atoms with van der Waals surface area (Å²) in [5.74, 6) is 0.878. The van der Waals surface area contributed by atoms with E-state index >= 15 is 0 Å². The van der Waals surface area contributed by atoms with E-state index in [-0.39, 0.29) is 24.7 Å². The van der Waals surface area contributed by atoms with Gasteiger partial charge in [0.2, 0.25) is 11.8 Å². The van der Waals surface area contributed by atoms with Gasteiger partial charge in [0, 0.05) is 51.3 Å². The second-order valence-corrected chi connectivity index (χ2v) is 12.6. The number of carbonyl (C=O) groups is 2. The summed E-state index contributed by atoms with van der Waals surface area (Å²) in [5.41, 5.74) is 17.8. The Labute approximate surface area is 287 Å². The van der Waals surface area contributed by atoms with Gasteiger partial charge in [-0.2, -0.15) is 0 Å². The van der Waals surface area contributed by atoms with Gasteiger partial charge in [0.15, 0.2) is 5.75 Å². The van der Waals surface area contributed by atoms with Crippen molar-refractivity contribution in [2.24, 2.45) is 5.73 Å². The van der Waals surface area contributed by atoms with Crippen LogP contribution in [0, 0.1) is 0 Å². The maximum absolute atomic E-state index is 14.1. The van der Waals surface area contributed by atoms with Crippen molar-refractivity contribution in [2.75, 3.05) is 36.0 Å². The first-order valence-corrected chi connectivity index (χ1v) is 16.9. The van der Waals surface area contributed by atoms with E-state index in [9.17, 15) is 9.59 Å². The molecule has 0 radical (unpaired) electrons. The van der Waals surface area contributed by atoms with Gasteiger partial charge in [-0.3, -0.25) is 15.0 Å². The fraction of sp³-hybridized carbons (Fsp3) is 0.220. The highest BCUT2D eigenvalue weighted by Gasteiger charge is 2.24. The third-order valence-corrected chi connectivity index (χ3v) is 9.27. The normalized spacial score (nSPS) is 13.8. The van der Waals surface area contributed by atoms with E-state index in [1.54, 1.807) is 4.90 Å². The Bertz CT molecular complexity index is 1940. The highest BCUT2D eigenvalue weighted by atomic mass is 16.5. The summed E-state index contributed by atoms with van der Waals surface area (Å²) in [6.07, 6.45) is 1.00. The van der Waals surface area contributed by atoms with Crippen molar-refractivity contribution in [3.8, 4) is 22.6 Å². The molecule has 2 amide bonds. The van der Waals surface area contributed by atoms with E-state index in [1.807, 2.05) is 71.7 Å². The SMILES string of the molecule is NCc1cccc(Oc2ccccc2N(Cc2ccc3c(c2)Cc2ccccc2-3)C(=O)CCC(=O)NN2CCN(c3ccccc3)CC2)c1. The number of carbonyl (C=O) groups excluding carboxylic acids is 2. The van der Waals surface area contributed by atoms with Gasteiger partial charge in [-0.05, 0) is 76.2 Å². The smallest absolute Gasteiger partial charge is 0.234 e. The number of fused-ring (bicyclic) bond motifs is 3. The molecule has 248 valence electrons. The van der Waals surface area contributed by atoms with Gasteiger partial charge < -0.3 is 20.3 Å². The van der Waals surface area contributed by atoms with E-state index in [0.29, 0.717) is 43.4 Å². The second-order valence-electron chi connectivity index (χ2n) is 12.6. The van der Waals surface area contributed by atoms with E-state index in [0.717, 1.165) is 30.6 Å². The number of amides is 2. The third-order valence-electron chi connectivity index (χ3n) is 9.27. The van der Waals surface area contributed by atoms with Crippen LogP contribution in [0.15, 0.2) is 121 Å². The molecule has 5 aromatic carbocycles. The minimum absolute atomic E-state index is 0.0587. The zero-order valence-corrected chi connectivity index (χ0v) is 27.6. The van der Waals surface area contributed by atoms with Crippen LogP contribution in [0.5, 0.6) is 11.5 Å². The molecular formula is C41H41N5O3. The van der Waals surface area contributed by atoms with Gasteiger partial charge in [-0.1, -0.05) is 84.9 Å². The Morgan fingerprint density at radius 2 is 1.47 bits per heavy atom. The van der Waals surface area contributed by atoms with Crippen LogP contribution >= 0.6 is 0 Å². The molecule has 0 atom stereocenters. The predicted molar refractivity (Wildman–Crippen MR) is 194 cm³/mol. The Kier molecular flexibility index (Phi) is 9.68. The van der Waals surface area contributed by atoms with Gasteiger partial charge in [0.05, 0.1) is 12.2 Å². The van der Waals surface area contributed by atoms with Crippen LogP contribution in [0.1, 0.15) is 35.1 Å². The van der Waals surface area contributed by atoms with Gasteiger partial charge in [0.25, 0.3) is 0 Å². The van der Waals surface area contributed by atoms with Crippen LogP contribution in [0.25, 0.3) is 11.1 Å². The number of hydrazine groups is 1. The largest absolute Gasteiger partial charge is 0.455 e. The van der Waals surface area contributed by atoms with Crippen LogP contribution in [-0.2, 0) is 29.1 Å². The molecule has 0 unspecified atom stereocenters. The first kappa shape index (κ1) is 32.1. The number of hydrogen-bond donors (Lipinski definition) is 2. The number of ether oxygens (including phenoxy) is 1. The molecule has 7 rings (SSSR count). The fourth-order valence-electron chi connectivity index (χ4n) is 6.72. The third kappa shape index (κ3) is 7.51. The minimum Gasteiger partial charge on any atom is -0.455 e. The van der Waals surface area contributed by atoms with Crippen molar-refractivity contribution in [3.63, 3.8) is 0 Å². The summed E-state index contributed by atoms with van der Waals surface area (Å²) >= 11 is 0. The number of nitrogens with zero attached hydrogens (tertiary/aromatic N) is 3. The standard InChI is InChI=1S/C41H41N5O3/c42-28-30-9-8-13-35(26-30)49-39-16-7-6-15-38(39)46(29-31-17-18-37-33(25-31)27-32-10-4-5-14-36(32)37)41(48)20-19-40(47)43-45-23-21-44(22-24-45)34-11-2-1-3-12-34/h1-18,25-26H,19-24,27-29,42H2,(H,43,47). The number of anilines is 2. The molecule has 0 spiro atoms. The molecule has 5 aromatic rings. The lowest BCUT2D eigenvalue weighted by molar-refractivity contribution is -0.128. The topological polar surface area (TPSA) is 91.1 Å². The number of hydrogen-bond acceptors (Lipinski definition) is 6. The molecule has 1 heterocycles. The number of nitrogens with two attached hydrogens (primary N) is 1. The first-order chi connectivity index (χ1) is 24.0. The molecule has 8 heteroatoms. The van der Waals surface area contributed by atoms with Crippen LogP contribution in [0.3, 0.4) is 0 Å². The Morgan fingerprint density at radius 3 is 2.31 bits per heavy atom. The number of rotatable bonds is 11. The Morgan fingerprint density at radius 1 is 0.714 bits per heavy atom. The average molecular weight is 652 g/mol. The number of para-hydroxylation sites is 3. The summed E-state index contributed by atoms with van der Waals surface area (Å²) in [6.45, 7) is 3.78. The molecule has 0 saturated carbocycles. The highest BCUT2D eigenvalue weighted by Crippen LogP contribution is 2.38. The molecule has 3 N–H and O–H groups in total. The van der Waals surface area contributed by atoms with Crippen molar-refractivity contribution in [1.29, 1.82) is 0 Å². The molecule has 0 aromatic heterocycles. The molecule has 1 saturated heterocycles. The van der Waals surface area contributed by atoms with Gasteiger partial charge in [-0.15, -0.1) is 0 Å². The molecule has 1 aliphatic heterocycles. The van der Waals surface area contributed by atoms with Crippen LogP contribution < -0.4 is 25.7 Å². The summed E-state index contributed by atoms with van der Waals surface area (Å²) in [5, 5.41) is 1.95. The number of piperazine rings is 1. The highest BCUT2D eigenvalue weighted by molar-refractivity contribution is 5.96. The summed E-state index contributed by atoms with van der Waals surface area (Å²) < 4.78 is 6.36. The second kappa shape index (κ2) is 14.8. The molecule has 1 fully saturated rings. The fourth-order valence-corrected chi connectivity index (χ4v) is 6.72. The van der Waals surface area contributed by atoms with E-state index in [4.69, 9.17) is 10.5 Å². The molecule has 49 heavy (non-hydrogen) atoms. The predicted octanol–water partition coefficient (Wildman–Crippen LogP) is 6.68. The van der Waals surface area contributed by atoms with Crippen LogP contribution in [0.4, 0.5) is 11.4 Å². The van der Waals surface area contributed by atoms with Gasteiger partial charge >= 0.3 is 0 Å². The zero-order valence-electron chi connectivity index (χ0n) is 27.6. The minimum atomic E-state index is -0.167. The lowest BCUT2D eigenvalue weighted by Crippen LogP contribution is -2.53. The van der Waals surface area contributed by atoms with E-state index in [1.165, 1.54) is 27.9 Å². The molecule has 8 nitrogen and oxygen atoms in total. The quantitative estimate of drug-likeness (QED) is 0.163. The monoisotopic (exact) mass is 651 g/mol. The van der Waals surface area contributed by atoms with E-state index in [2.05, 4.69) is 64.9 Å². The van der Waals surface area contributed by atoms with Crippen molar-refractivity contribution in [3.05, 3.63) is 144 Å². The summed E-state index contributed by atoms with van der Waals surface area (Å²) in [4.78, 5) is 31.3. The average Bonchev–Trinajstić information content (AvgIpc) is 3.52. The van der Waals surface area contributed by atoms with Crippen LogP contribution in [0.2, 0.25) is 0 Å². The lowest BCUT2D eigenvalue weighted by atomic mass is 10.0. The van der Waals surface area contributed by atoms with Crippen molar-refractivity contribution >= 4 is 23.2 Å². The van der Waals surface area contributed by atoms with E-state index < -0.39 is 0 Å². The van der Waals surface area contributed by atoms with Crippen molar-refractivity contribution < 1.29 is 14.3 Å². The molecule has 2 aliphatic rings. The molecule has 0 bridgehead atoms. The summed E-state index contributed by atoms with van der Waals surface area (Å²) in [6, 6.07) is 40.5. The lowest BCUT2D eigenvalue weighted by Gasteiger charge is -2.36. The van der Waals surface area contributed by atoms with Crippen molar-refractivity contribution in [1.82, 2.24) is 10.4 Å². The summed E-state index contributed by atoms with van der Waals surface area (Å²) in [7, 11) is 0. The molecule has 1 aliphatic carbocycles. The Balaban J connectivity index is 1.07.